The molecule has 3 rings (SSSR count). The highest BCUT2D eigenvalue weighted by Gasteiger charge is 2.07. The van der Waals surface area contributed by atoms with Crippen LogP contribution in [0, 0.1) is 13.8 Å². The molecule has 0 fully saturated rings. The van der Waals surface area contributed by atoms with Crippen molar-refractivity contribution in [3.63, 3.8) is 0 Å². The smallest absolute Gasteiger partial charge is 0.0740 e. The summed E-state index contributed by atoms with van der Waals surface area (Å²) < 4.78 is 0. The second-order valence-electron chi connectivity index (χ2n) is 4.65. The van der Waals surface area contributed by atoms with Crippen molar-refractivity contribution in [1.82, 2.24) is 4.98 Å². The Morgan fingerprint density at radius 1 is 0.833 bits per heavy atom. The lowest BCUT2D eigenvalue weighted by Gasteiger charge is -2.09. The van der Waals surface area contributed by atoms with Crippen molar-refractivity contribution in [2.24, 2.45) is 0 Å². The summed E-state index contributed by atoms with van der Waals surface area (Å²) in [4.78, 5) is 4.66. The lowest BCUT2D eigenvalue weighted by Crippen LogP contribution is -1.90. The summed E-state index contributed by atoms with van der Waals surface area (Å²) in [7, 11) is 0. The van der Waals surface area contributed by atoms with Gasteiger partial charge in [-0.2, -0.15) is 0 Å². The lowest BCUT2D eigenvalue weighted by molar-refractivity contribution is 1.24. The molecule has 3 aromatic rings. The number of pyridine rings is 1. The van der Waals surface area contributed by atoms with Crippen molar-refractivity contribution in [3.05, 3.63) is 65.9 Å². The van der Waals surface area contributed by atoms with Crippen LogP contribution in [0.5, 0.6) is 0 Å². The molecule has 1 heterocycles. The van der Waals surface area contributed by atoms with Gasteiger partial charge in [-0.05, 0) is 36.6 Å². The molecule has 0 aliphatic rings. The monoisotopic (exact) mass is 233 g/mol. The quantitative estimate of drug-likeness (QED) is 0.602. The Kier molecular flexibility index (Phi) is 2.60. The van der Waals surface area contributed by atoms with E-state index in [2.05, 4.69) is 67.4 Å². The standard InChI is InChI=1S/C17H15N/c1-12-7-6-10-15-16(11-13(2)18-17(12)15)14-8-4-3-5-9-14/h3-11H,1-2H3. The van der Waals surface area contributed by atoms with Gasteiger partial charge in [0, 0.05) is 11.1 Å². The van der Waals surface area contributed by atoms with Crippen LogP contribution in [0.25, 0.3) is 22.0 Å². The van der Waals surface area contributed by atoms with Crippen molar-refractivity contribution in [2.75, 3.05) is 0 Å². The summed E-state index contributed by atoms with van der Waals surface area (Å²) >= 11 is 0. The first-order chi connectivity index (χ1) is 8.75. The van der Waals surface area contributed by atoms with Gasteiger partial charge in [-0.3, -0.25) is 4.98 Å². The Hall–Kier alpha value is -2.15. The Morgan fingerprint density at radius 2 is 1.61 bits per heavy atom. The van der Waals surface area contributed by atoms with E-state index >= 15 is 0 Å². The third kappa shape index (κ3) is 1.78. The summed E-state index contributed by atoms with van der Waals surface area (Å²) in [6.45, 7) is 4.17. The SMILES string of the molecule is Cc1cc(-c2ccccc2)c2cccc(C)c2n1. The number of aromatic nitrogens is 1. The van der Waals surface area contributed by atoms with Crippen molar-refractivity contribution < 1.29 is 0 Å². The van der Waals surface area contributed by atoms with Crippen LogP contribution >= 0.6 is 0 Å². The lowest BCUT2D eigenvalue weighted by atomic mass is 9.99. The van der Waals surface area contributed by atoms with Crippen LogP contribution in [0.1, 0.15) is 11.3 Å². The molecule has 18 heavy (non-hydrogen) atoms. The van der Waals surface area contributed by atoms with Gasteiger partial charge < -0.3 is 0 Å². The molecule has 0 bridgehead atoms. The molecular formula is C17H15N. The van der Waals surface area contributed by atoms with Crippen molar-refractivity contribution in [2.45, 2.75) is 13.8 Å². The molecule has 0 radical (unpaired) electrons. The maximum absolute atomic E-state index is 4.66. The van der Waals surface area contributed by atoms with Crippen LogP contribution in [0.4, 0.5) is 0 Å². The van der Waals surface area contributed by atoms with Crippen LogP contribution in [-0.2, 0) is 0 Å². The highest BCUT2D eigenvalue weighted by atomic mass is 14.7. The fourth-order valence-corrected chi connectivity index (χ4v) is 2.38. The maximum atomic E-state index is 4.66. The zero-order valence-electron chi connectivity index (χ0n) is 10.6. The summed E-state index contributed by atoms with van der Waals surface area (Å²) in [6.07, 6.45) is 0. The molecular weight excluding hydrogens is 218 g/mol. The molecule has 0 aliphatic carbocycles. The van der Waals surface area contributed by atoms with E-state index in [0.29, 0.717) is 0 Å². The fraction of sp³-hybridized carbons (Fsp3) is 0.118. The molecule has 0 atom stereocenters. The van der Waals surface area contributed by atoms with Gasteiger partial charge in [0.2, 0.25) is 0 Å². The minimum absolute atomic E-state index is 1.07. The molecule has 1 aromatic heterocycles. The fourth-order valence-electron chi connectivity index (χ4n) is 2.38. The van der Waals surface area contributed by atoms with Crippen LogP contribution < -0.4 is 0 Å². The topological polar surface area (TPSA) is 12.9 Å². The highest BCUT2D eigenvalue weighted by molar-refractivity contribution is 5.96. The zero-order chi connectivity index (χ0) is 12.5. The van der Waals surface area contributed by atoms with Gasteiger partial charge in [0.25, 0.3) is 0 Å². The number of fused-ring (bicyclic) bond motifs is 1. The van der Waals surface area contributed by atoms with E-state index in [0.717, 1.165) is 11.2 Å². The van der Waals surface area contributed by atoms with E-state index in [-0.39, 0.29) is 0 Å². The molecule has 0 spiro atoms. The van der Waals surface area contributed by atoms with Crippen LogP contribution in [0.3, 0.4) is 0 Å². The van der Waals surface area contributed by atoms with Gasteiger partial charge in [-0.15, -0.1) is 0 Å². The number of aryl methyl sites for hydroxylation is 2. The summed E-state index contributed by atoms with van der Waals surface area (Å²) in [5.74, 6) is 0. The molecule has 0 saturated heterocycles. The van der Waals surface area contributed by atoms with E-state index in [1.807, 2.05) is 6.07 Å². The number of benzene rings is 2. The van der Waals surface area contributed by atoms with E-state index in [1.54, 1.807) is 0 Å². The van der Waals surface area contributed by atoms with E-state index < -0.39 is 0 Å². The summed E-state index contributed by atoms with van der Waals surface area (Å²) in [6, 6.07) is 19.0. The average molecular weight is 233 g/mol. The van der Waals surface area contributed by atoms with Gasteiger partial charge in [0.1, 0.15) is 0 Å². The van der Waals surface area contributed by atoms with Crippen LogP contribution in [0.2, 0.25) is 0 Å². The molecule has 0 saturated carbocycles. The Bertz CT molecular complexity index is 699. The first-order valence-electron chi connectivity index (χ1n) is 6.18. The molecule has 0 N–H and O–H groups in total. The molecule has 0 aliphatic heterocycles. The van der Waals surface area contributed by atoms with Gasteiger partial charge in [0.05, 0.1) is 5.52 Å². The largest absolute Gasteiger partial charge is 0.253 e. The van der Waals surface area contributed by atoms with Gasteiger partial charge in [-0.25, -0.2) is 0 Å². The van der Waals surface area contributed by atoms with E-state index in [1.165, 1.54) is 22.1 Å². The first-order valence-corrected chi connectivity index (χ1v) is 6.18. The van der Waals surface area contributed by atoms with Crippen molar-refractivity contribution in [3.8, 4) is 11.1 Å². The third-order valence-corrected chi connectivity index (χ3v) is 3.25. The molecule has 0 unspecified atom stereocenters. The van der Waals surface area contributed by atoms with Gasteiger partial charge >= 0.3 is 0 Å². The van der Waals surface area contributed by atoms with Gasteiger partial charge in [-0.1, -0.05) is 48.5 Å². The van der Waals surface area contributed by atoms with E-state index in [9.17, 15) is 0 Å². The summed E-state index contributed by atoms with van der Waals surface area (Å²) in [5, 5.41) is 1.23. The first kappa shape index (κ1) is 11.0. The number of hydrogen-bond donors (Lipinski definition) is 0. The molecule has 0 amide bonds. The minimum atomic E-state index is 1.07. The Labute approximate surface area is 107 Å². The van der Waals surface area contributed by atoms with E-state index in [4.69, 9.17) is 0 Å². The normalized spacial score (nSPS) is 10.8. The highest BCUT2D eigenvalue weighted by Crippen LogP contribution is 2.29. The van der Waals surface area contributed by atoms with Gasteiger partial charge in [0.15, 0.2) is 0 Å². The molecule has 2 aromatic carbocycles. The molecule has 88 valence electrons. The number of para-hydroxylation sites is 1. The summed E-state index contributed by atoms with van der Waals surface area (Å²) in [5.41, 5.74) is 5.92. The molecule has 1 heteroatoms. The minimum Gasteiger partial charge on any atom is -0.253 e. The van der Waals surface area contributed by atoms with Crippen molar-refractivity contribution in [1.29, 1.82) is 0 Å². The zero-order valence-corrected chi connectivity index (χ0v) is 10.6. The second kappa shape index (κ2) is 4.26. The Morgan fingerprint density at radius 3 is 2.39 bits per heavy atom. The number of hydrogen-bond acceptors (Lipinski definition) is 1. The number of nitrogens with zero attached hydrogens (tertiary/aromatic N) is 1. The third-order valence-electron chi connectivity index (χ3n) is 3.25. The van der Waals surface area contributed by atoms with Crippen LogP contribution in [-0.4, -0.2) is 4.98 Å². The predicted molar refractivity (Wildman–Crippen MR) is 76.7 cm³/mol. The van der Waals surface area contributed by atoms with Crippen LogP contribution in [0.15, 0.2) is 54.6 Å². The predicted octanol–water partition coefficient (Wildman–Crippen LogP) is 4.52. The Balaban J connectivity index is 2.39. The maximum Gasteiger partial charge on any atom is 0.0740 e. The molecule has 1 nitrogen and oxygen atoms in total. The average Bonchev–Trinajstić information content (AvgIpc) is 2.40. The van der Waals surface area contributed by atoms with Crippen molar-refractivity contribution >= 4 is 10.9 Å². The second-order valence-corrected chi connectivity index (χ2v) is 4.65. The number of rotatable bonds is 1.